The number of para-hydroxylation sites is 1. The lowest BCUT2D eigenvalue weighted by Crippen LogP contribution is -2.49. The molecule has 138 valence electrons. The van der Waals surface area contributed by atoms with Crippen molar-refractivity contribution in [2.75, 3.05) is 44.2 Å². The van der Waals surface area contributed by atoms with Crippen LogP contribution in [0.4, 0.5) is 10.1 Å². The Labute approximate surface area is 149 Å². The van der Waals surface area contributed by atoms with Crippen LogP contribution in [0.25, 0.3) is 0 Å². The fourth-order valence-electron chi connectivity index (χ4n) is 3.07. The molecule has 0 spiro atoms. The molecule has 1 aromatic rings. The van der Waals surface area contributed by atoms with Crippen molar-refractivity contribution in [3.8, 4) is 0 Å². The first-order valence-electron chi connectivity index (χ1n) is 9.05. The van der Waals surface area contributed by atoms with E-state index in [0.717, 1.165) is 12.8 Å². The third kappa shape index (κ3) is 5.44. The van der Waals surface area contributed by atoms with Crippen LogP contribution in [0.1, 0.15) is 33.1 Å². The highest BCUT2D eigenvalue weighted by Crippen LogP contribution is 2.20. The summed E-state index contributed by atoms with van der Waals surface area (Å²) in [5.41, 5.74) is 0.594. The second kappa shape index (κ2) is 9.39. The standard InChI is InChI=1S/C19H28FN3O2/c1-3-4-10-21(16(2)24)11-9-19(25)23-14-12-22(13-15-23)18-8-6-5-7-17(18)20/h5-8H,3-4,9-15H2,1-2H3. The summed E-state index contributed by atoms with van der Waals surface area (Å²) in [6.45, 7) is 7.23. The van der Waals surface area contributed by atoms with Gasteiger partial charge in [0.1, 0.15) is 5.82 Å². The van der Waals surface area contributed by atoms with Crippen LogP contribution in [0.5, 0.6) is 0 Å². The average molecular weight is 349 g/mol. The molecule has 1 aliphatic rings. The number of nitrogens with zero attached hydrogens (tertiary/aromatic N) is 3. The molecule has 0 saturated carbocycles. The fraction of sp³-hybridized carbons (Fsp3) is 0.579. The van der Waals surface area contributed by atoms with Crippen LogP contribution in [-0.4, -0.2) is 60.9 Å². The Kier molecular flexibility index (Phi) is 7.22. The highest BCUT2D eigenvalue weighted by molar-refractivity contribution is 5.78. The Hall–Kier alpha value is -2.11. The zero-order valence-electron chi connectivity index (χ0n) is 15.2. The summed E-state index contributed by atoms with van der Waals surface area (Å²) in [6.07, 6.45) is 2.33. The van der Waals surface area contributed by atoms with Gasteiger partial charge in [0.05, 0.1) is 5.69 Å². The molecule has 1 aliphatic heterocycles. The summed E-state index contributed by atoms with van der Waals surface area (Å²) in [7, 11) is 0. The summed E-state index contributed by atoms with van der Waals surface area (Å²) < 4.78 is 13.9. The van der Waals surface area contributed by atoms with Crippen LogP contribution in [0.15, 0.2) is 24.3 Å². The molecule has 1 heterocycles. The number of rotatable bonds is 7. The predicted octanol–water partition coefficient (Wildman–Crippen LogP) is 2.51. The van der Waals surface area contributed by atoms with Crippen molar-refractivity contribution < 1.29 is 14.0 Å². The lowest BCUT2D eigenvalue weighted by Gasteiger charge is -2.36. The van der Waals surface area contributed by atoms with Gasteiger partial charge in [-0.2, -0.15) is 0 Å². The van der Waals surface area contributed by atoms with E-state index in [1.165, 1.54) is 6.07 Å². The monoisotopic (exact) mass is 349 g/mol. The highest BCUT2D eigenvalue weighted by Gasteiger charge is 2.23. The zero-order chi connectivity index (χ0) is 18.2. The number of benzene rings is 1. The van der Waals surface area contributed by atoms with Gasteiger partial charge in [-0.1, -0.05) is 25.5 Å². The third-order valence-electron chi connectivity index (χ3n) is 4.65. The second-order valence-corrected chi connectivity index (χ2v) is 6.43. The smallest absolute Gasteiger partial charge is 0.224 e. The van der Waals surface area contributed by atoms with Crippen LogP contribution < -0.4 is 4.90 Å². The molecule has 5 nitrogen and oxygen atoms in total. The van der Waals surface area contributed by atoms with Crippen LogP contribution >= 0.6 is 0 Å². The Bertz CT molecular complexity index is 586. The maximum absolute atomic E-state index is 13.9. The molecule has 1 fully saturated rings. The van der Waals surface area contributed by atoms with Gasteiger partial charge < -0.3 is 14.7 Å². The molecule has 0 unspecified atom stereocenters. The summed E-state index contributed by atoms with van der Waals surface area (Å²) in [4.78, 5) is 29.6. The molecule has 0 aliphatic carbocycles. The lowest BCUT2D eigenvalue weighted by atomic mass is 10.2. The normalized spacial score (nSPS) is 14.5. The molecule has 0 atom stereocenters. The van der Waals surface area contributed by atoms with E-state index in [-0.39, 0.29) is 17.6 Å². The molecule has 1 saturated heterocycles. The van der Waals surface area contributed by atoms with Gasteiger partial charge in [0.2, 0.25) is 11.8 Å². The van der Waals surface area contributed by atoms with Crippen molar-refractivity contribution in [1.82, 2.24) is 9.80 Å². The molecule has 0 radical (unpaired) electrons. The molecule has 25 heavy (non-hydrogen) atoms. The van der Waals surface area contributed by atoms with Gasteiger partial charge in [-0.05, 0) is 18.6 Å². The Morgan fingerprint density at radius 1 is 1.12 bits per heavy atom. The Morgan fingerprint density at radius 3 is 2.40 bits per heavy atom. The maximum atomic E-state index is 13.9. The van der Waals surface area contributed by atoms with Gasteiger partial charge in [0.15, 0.2) is 0 Å². The van der Waals surface area contributed by atoms with Crippen molar-refractivity contribution in [1.29, 1.82) is 0 Å². The van der Waals surface area contributed by atoms with Crippen LogP contribution in [0.3, 0.4) is 0 Å². The minimum Gasteiger partial charge on any atom is -0.366 e. The number of hydrogen-bond acceptors (Lipinski definition) is 3. The Morgan fingerprint density at radius 2 is 1.80 bits per heavy atom. The SMILES string of the molecule is CCCCN(CCC(=O)N1CCN(c2ccccc2F)CC1)C(C)=O. The van der Waals surface area contributed by atoms with E-state index in [4.69, 9.17) is 0 Å². The first-order valence-corrected chi connectivity index (χ1v) is 9.05. The first-order chi connectivity index (χ1) is 12.0. The molecular formula is C19H28FN3O2. The molecule has 6 heteroatoms. The van der Waals surface area contributed by atoms with Crippen LogP contribution in [-0.2, 0) is 9.59 Å². The lowest BCUT2D eigenvalue weighted by molar-refractivity contribution is -0.133. The molecule has 2 rings (SSSR count). The number of carbonyl (C=O) groups is 2. The van der Waals surface area contributed by atoms with Gasteiger partial charge in [0, 0.05) is 52.6 Å². The van der Waals surface area contributed by atoms with Crippen molar-refractivity contribution >= 4 is 17.5 Å². The highest BCUT2D eigenvalue weighted by atomic mass is 19.1. The van der Waals surface area contributed by atoms with Gasteiger partial charge >= 0.3 is 0 Å². The van der Waals surface area contributed by atoms with Crippen molar-refractivity contribution in [2.24, 2.45) is 0 Å². The van der Waals surface area contributed by atoms with Gasteiger partial charge in [-0.3, -0.25) is 9.59 Å². The van der Waals surface area contributed by atoms with E-state index in [2.05, 4.69) is 6.92 Å². The van der Waals surface area contributed by atoms with E-state index in [1.807, 2.05) is 15.9 Å². The average Bonchev–Trinajstić information content (AvgIpc) is 2.62. The van der Waals surface area contributed by atoms with Gasteiger partial charge in [-0.15, -0.1) is 0 Å². The number of carbonyl (C=O) groups excluding carboxylic acids is 2. The van der Waals surface area contributed by atoms with E-state index < -0.39 is 0 Å². The Balaban J connectivity index is 1.81. The summed E-state index contributed by atoms with van der Waals surface area (Å²) in [5, 5.41) is 0. The van der Waals surface area contributed by atoms with Gasteiger partial charge in [0.25, 0.3) is 0 Å². The van der Waals surface area contributed by atoms with E-state index in [1.54, 1.807) is 24.0 Å². The molecule has 0 bridgehead atoms. The fourth-order valence-corrected chi connectivity index (χ4v) is 3.07. The molecular weight excluding hydrogens is 321 g/mol. The number of piperazine rings is 1. The summed E-state index contributed by atoms with van der Waals surface area (Å²) in [6, 6.07) is 6.73. The summed E-state index contributed by atoms with van der Waals surface area (Å²) >= 11 is 0. The number of anilines is 1. The number of unbranched alkanes of at least 4 members (excludes halogenated alkanes) is 1. The quantitative estimate of drug-likeness (QED) is 0.760. The second-order valence-electron chi connectivity index (χ2n) is 6.43. The summed E-state index contributed by atoms with van der Waals surface area (Å²) in [5.74, 6) is -0.142. The number of amides is 2. The van der Waals surface area contributed by atoms with Crippen molar-refractivity contribution in [3.05, 3.63) is 30.1 Å². The van der Waals surface area contributed by atoms with Crippen molar-refractivity contribution in [3.63, 3.8) is 0 Å². The molecule has 0 aromatic heterocycles. The molecule has 0 N–H and O–H groups in total. The molecule has 2 amide bonds. The third-order valence-corrected chi connectivity index (χ3v) is 4.65. The van der Waals surface area contributed by atoms with E-state index >= 15 is 0 Å². The van der Waals surface area contributed by atoms with Crippen molar-refractivity contribution in [2.45, 2.75) is 33.1 Å². The van der Waals surface area contributed by atoms with E-state index in [9.17, 15) is 14.0 Å². The largest absolute Gasteiger partial charge is 0.366 e. The number of halogens is 1. The first kappa shape index (κ1) is 19.2. The maximum Gasteiger partial charge on any atom is 0.224 e. The van der Waals surface area contributed by atoms with Gasteiger partial charge in [-0.25, -0.2) is 4.39 Å². The minimum atomic E-state index is -0.227. The van der Waals surface area contributed by atoms with Crippen LogP contribution in [0.2, 0.25) is 0 Å². The predicted molar refractivity (Wildman–Crippen MR) is 97.0 cm³/mol. The number of hydrogen-bond donors (Lipinski definition) is 0. The van der Waals surface area contributed by atoms with E-state index in [0.29, 0.717) is 51.4 Å². The topological polar surface area (TPSA) is 43.9 Å². The zero-order valence-corrected chi connectivity index (χ0v) is 15.2. The molecule has 1 aromatic carbocycles. The minimum absolute atomic E-state index is 0.0191. The van der Waals surface area contributed by atoms with Crippen LogP contribution in [0, 0.1) is 5.82 Å².